The lowest BCUT2D eigenvalue weighted by atomic mass is 10.2. The number of benzene rings is 1. The molecule has 0 aliphatic rings. The lowest BCUT2D eigenvalue weighted by Gasteiger charge is -1.85. The molecule has 1 aromatic carbocycles. The quantitative estimate of drug-likeness (QED) is 0.534. The van der Waals surface area contributed by atoms with Crippen LogP contribution in [-0.2, 0) is 0 Å². The molecule has 1 aromatic rings. The predicted octanol–water partition coefficient (Wildman–Crippen LogP) is 2.32. The van der Waals surface area contributed by atoms with Gasteiger partial charge in [0.25, 0.3) is 0 Å². The summed E-state index contributed by atoms with van der Waals surface area (Å²) in [5, 5.41) is 0. The van der Waals surface area contributed by atoms with Crippen LogP contribution in [0.4, 0.5) is 4.39 Å². The SMILES string of the molecule is FC=[C]c1ccccc1. The third-order valence-corrected chi connectivity index (χ3v) is 0.995. The fourth-order valence-electron chi connectivity index (χ4n) is 0.597. The van der Waals surface area contributed by atoms with Crippen LogP contribution in [0, 0.1) is 6.08 Å². The third kappa shape index (κ3) is 1.68. The smallest absolute Gasteiger partial charge is 0.0952 e. The molecule has 0 aliphatic carbocycles. The van der Waals surface area contributed by atoms with Crippen molar-refractivity contribution >= 4 is 0 Å². The number of hydrogen-bond acceptors (Lipinski definition) is 0. The second-order valence-electron chi connectivity index (χ2n) is 1.62. The summed E-state index contributed by atoms with van der Waals surface area (Å²) in [6.45, 7) is 0. The molecule has 0 fully saturated rings. The van der Waals surface area contributed by atoms with E-state index in [0.717, 1.165) is 5.56 Å². The van der Waals surface area contributed by atoms with Crippen molar-refractivity contribution in [3.05, 3.63) is 48.3 Å². The highest BCUT2D eigenvalue weighted by molar-refractivity contribution is 5.20. The minimum Gasteiger partial charge on any atom is -0.215 e. The molecule has 1 heteroatoms. The van der Waals surface area contributed by atoms with Crippen LogP contribution in [0.25, 0.3) is 0 Å². The normalized spacial score (nSPS) is 10.3. The van der Waals surface area contributed by atoms with E-state index in [2.05, 4.69) is 6.08 Å². The molecular weight excluding hydrogens is 115 g/mol. The van der Waals surface area contributed by atoms with Gasteiger partial charge in [-0.2, -0.15) is 0 Å². The maximum atomic E-state index is 11.4. The van der Waals surface area contributed by atoms with Gasteiger partial charge in [-0.05, 0) is 5.56 Å². The second kappa shape index (κ2) is 3.02. The molecule has 45 valence electrons. The molecule has 0 nitrogen and oxygen atoms in total. The van der Waals surface area contributed by atoms with Gasteiger partial charge in [-0.1, -0.05) is 30.3 Å². The summed E-state index contributed by atoms with van der Waals surface area (Å²) in [5.41, 5.74) is 0.764. The van der Waals surface area contributed by atoms with E-state index >= 15 is 0 Å². The minimum atomic E-state index is 0.412. The molecule has 1 rings (SSSR count). The topological polar surface area (TPSA) is 0 Å². The van der Waals surface area contributed by atoms with Gasteiger partial charge >= 0.3 is 0 Å². The van der Waals surface area contributed by atoms with Gasteiger partial charge in [-0.25, -0.2) is 4.39 Å². The van der Waals surface area contributed by atoms with Crippen molar-refractivity contribution in [3.8, 4) is 0 Å². The van der Waals surface area contributed by atoms with E-state index in [4.69, 9.17) is 0 Å². The minimum absolute atomic E-state index is 0.412. The molecule has 0 spiro atoms. The average molecular weight is 121 g/mol. The predicted molar refractivity (Wildman–Crippen MR) is 34.5 cm³/mol. The first-order valence-corrected chi connectivity index (χ1v) is 2.67. The van der Waals surface area contributed by atoms with Gasteiger partial charge in [0.05, 0.1) is 6.33 Å². The fourth-order valence-corrected chi connectivity index (χ4v) is 0.597. The van der Waals surface area contributed by atoms with Crippen molar-refractivity contribution < 1.29 is 4.39 Å². The lowest BCUT2D eigenvalue weighted by molar-refractivity contribution is 0.717. The molecule has 0 amide bonds. The van der Waals surface area contributed by atoms with Gasteiger partial charge < -0.3 is 0 Å². The van der Waals surface area contributed by atoms with Crippen LogP contribution >= 0.6 is 0 Å². The van der Waals surface area contributed by atoms with Crippen molar-refractivity contribution in [2.24, 2.45) is 0 Å². The summed E-state index contributed by atoms with van der Waals surface area (Å²) in [6, 6.07) is 9.13. The van der Waals surface area contributed by atoms with E-state index in [1.807, 2.05) is 18.2 Å². The molecule has 9 heavy (non-hydrogen) atoms. The summed E-state index contributed by atoms with van der Waals surface area (Å²) in [4.78, 5) is 0. The maximum Gasteiger partial charge on any atom is 0.0952 e. The third-order valence-electron chi connectivity index (χ3n) is 0.995. The molecule has 0 heterocycles. The zero-order valence-corrected chi connectivity index (χ0v) is 4.84. The highest BCUT2D eigenvalue weighted by Gasteiger charge is 1.79. The van der Waals surface area contributed by atoms with Gasteiger partial charge in [0, 0.05) is 6.08 Å². The molecule has 0 bridgehead atoms. The molecule has 0 unspecified atom stereocenters. The van der Waals surface area contributed by atoms with E-state index in [-0.39, 0.29) is 0 Å². The number of rotatable bonds is 1. The van der Waals surface area contributed by atoms with Gasteiger partial charge in [-0.3, -0.25) is 0 Å². The fraction of sp³-hybridized carbons (Fsp3) is 0. The van der Waals surface area contributed by atoms with Crippen molar-refractivity contribution in [2.45, 2.75) is 0 Å². The Hall–Kier alpha value is -1.11. The first kappa shape index (κ1) is 6.02. The zero-order valence-electron chi connectivity index (χ0n) is 4.84. The Labute approximate surface area is 53.6 Å². The summed E-state index contributed by atoms with van der Waals surface area (Å²) in [6.07, 6.45) is 2.83. The standard InChI is InChI=1S/C8H6F/c9-7-6-8-4-2-1-3-5-8/h1-5,7H. The van der Waals surface area contributed by atoms with E-state index in [1.165, 1.54) is 0 Å². The Kier molecular flexibility index (Phi) is 2.02. The van der Waals surface area contributed by atoms with Crippen molar-refractivity contribution in [1.82, 2.24) is 0 Å². The van der Waals surface area contributed by atoms with Crippen molar-refractivity contribution in [2.75, 3.05) is 0 Å². The highest BCUT2D eigenvalue weighted by Crippen LogP contribution is 1.97. The highest BCUT2D eigenvalue weighted by atomic mass is 19.1. The van der Waals surface area contributed by atoms with E-state index < -0.39 is 0 Å². The first-order chi connectivity index (χ1) is 4.43. The monoisotopic (exact) mass is 121 g/mol. The lowest BCUT2D eigenvalue weighted by Crippen LogP contribution is -1.67. The second-order valence-corrected chi connectivity index (χ2v) is 1.62. The Morgan fingerprint density at radius 3 is 2.44 bits per heavy atom. The van der Waals surface area contributed by atoms with Crippen LogP contribution in [0.15, 0.2) is 36.7 Å². The molecule has 0 N–H and O–H groups in total. The summed E-state index contributed by atoms with van der Waals surface area (Å²) >= 11 is 0. The van der Waals surface area contributed by atoms with Crippen LogP contribution in [0.5, 0.6) is 0 Å². The largest absolute Gasteiger partial charge is 0.215 e. The van der Waals surface area contributed by atoms with E-state index in [9.17, 15) is 4.39 Å². The maximum absolute atomic E-state index is 11.4. The van der Waals surface area contributed by atoms with E-state index in [0.29, 0.717) is 6.33 Å². The average Bonchev–Trinajstić information content (AvgIpc) is 1.91. The summed E-state index contributed by atoms with van der Waals surface area (Å²) < 4.78 is 11.4. The Balaban J connectivity index is 2.85. The number of hydrogen-bond donors (Lipinski definition) is 0. The first-order valence-electron chi connectivity index (χ1n) is 2.67. The molecule has 0 aliphatic heterocycles. The zero-order chi connectivity index (χ0) is 6.53. The van der Waals surface area contributed by atoms with Crippen LogP contribution < -0.4 is 0 Å². The molecule has 0 aromatic heterocycles. The Morgan fingerprint density at radius 1 is 1.22 bits per heavy atom. The molecule has 1 radical (unpaired) electrons. The molecule has 0 saturated carbocycles. The summed E-state index contributed by atoms with van der Waals surface area (Å²) in [7, 11) is 0. The molecule has 0 saturated heterocycles. The van der Waals surface area contributed by atoms with Crippen LogP contribution in [0.2, 0.25) is 0 Å². The van der Waals surface area contributed by atoms with Crippen LogP contribution in [0.3, 0.4) is 0 Å². The summed E-state index contributed by atoms with van der Waals surface area (Å²) in [5.74, 6) is 0. The van der Waals surface area contributed by atoms with Crippen LogP contribution in [0.1, 0.15) is 5.56 Å². The van der Waals surface area contributed by atoms with E-state index in [1.54, 1.807) is 12.1 Å². The molecule has 0 atom stereocenters. The van der Waals surface area contributed by atoms with Gasteiger partial charge in [0.1, 0.15) is 0 Å². The van der Waals surface area contributed by atoms with Gasteiger partial charge in [0.2, 0.25) is 0 Å². The Morgan fingerprint density at radius 2 is 1.89 bits per heavy atom. The number of halogens is 1. The van der Waals surface area contributed by atoms with Crippen LogP contribution in [-0.4, -0.2) is 0 Å². The van der Waals surface area contributed by atoms with Crippen molar-refractivity contribution in [3.63, 3.8) is 0 Å². The van der Waals surface area contributed by atoms with Gasteiger partial charge in [0.15, 0.2) is 0 Å². The Bertz CT molecular complexity index is 189. The van der Waals surface area contributed by atoms with Gasteiger partial charge in [-0.15, -0.1) is 0 Å². The molecular formula is C8H6F. The van der Waals surface area contributed by atoms with Crippen molar-refractivity contribution in [1.29, 1.82) is 0 Å².